The van der Waals surface area contributed by atoms with Crippen molar-refractivity contribution >= 4 is 11.7 Å². The van der Waals surface area contributed by atoms with Gasteiger partial charge in [-0.25, -0.2) is 4.98 Å². The number of anilines is 1. The van der Waals surface area contributed by atoms with Crippen LogP contribution in [0, 0.1) is 17.2 Å². The van der Waals surface area contributed by atoms with E-state index in [0.29, 0.717) is 17.9 Å². The molecule has 0 unspecified atom stereocenters. The van der Waals surface area contributed by atoms with E-state index in [1.165, 1.54) is 12.8 Å². The predicted molar refractivity (Wildman–Crippen MR) is 99.7 cm³/mol. The van der Waals surface area contributed by atoms with Crippen molar-refractivity contribution in [3.05, 3.63) is 23.9 Å². The summed E-state index contributed by atoms with van der Waals surface area (Å²) in [5, 5.41) is 8.97. The minimum absolute atomic E-state index is 0.0296. The highest BCUT2D eigenvalue weighted by Crippen LogP contribution is 2.35. The van der Waals surface area contributed by atoms with Crippen LogP contribution in [0.3, 0.4) is 0 Å². The maximum absolute atomic E-state index is 12.6. The lowest BCUT2D eigenvalue weighted by molar-refractivity contribution is -0.130. The van der Waals surface area contributed by atoms with E-state index in [2.05, 4.69) is 32.8 Å². The molecule has 6 nitrogen and oxygen atoms in total. The largest absolute Gasteiger partial charge is 0.353 e. The van der Waals surface area contributed by atoms with Gasteiger partial charge >= 0.3 is 0 Å². The summed E-state index contributed by atoms with van der Waals surface area (Å²) in [5.74, 6) is 2.01. The zero-order valence-electron chi connectivity index (χ0n) is 15.5. The van der Waals surface area contributed by atoms with Crippen molar-refractivity contribution in [3.63, 3.8) is 0 Å². The van der Waals surface area contributed by atoms with Gasteiger partial charge in [-0.2, -0.15) is 5.26 Å². The Bertz CT molecular complexity index is 708. The Balaban J connectivity index is 1.49. The first-order valence-corrected chi connectivity index (χ1v) is 9.70. The normalized spacial score (nSPS) is 27.5. The molecule has 1 aromatic heterocycles. The molecule has 1 amide bonds. The molecule has 3 fully saturated rings. The van der Waals surface area contributed by atoms with Gasteiger partial charge < -0.3 is 9.80 Å². The van der Waals surface area contributed by atoms with Crippen molar-refractivity contribution in [1.29, 1.82) is 5.26 Å². The average Bonchev–Trinajstić information content (AvgIpc) is 3.50. The van der Waals surface area contributed by atoms with Crippen molar-refractivity contribution < 1.29 is 4.79 Å². The summed E-state index contributed by atoms with van der Waals surface area (Å²) in [5.41, 5.74) is 0.621. The number of carbonyl (C=O) groups excluding carboxylic acids is 1. The van der Waals surface area contributed by atoms with E-state index in [9.17, 15) is 4.79 Å². The Morgan fingerprint density at radius 3 is 2.81 bits per heavy atom. The fourth-order valence-electron chi connectivity index (χ4n) is 4.33. The van der Waals surface area contributed by atoms with Gasteiger partial charge in [-0.3, -0.25) is 9.69 Å². The molecule has 138 valence electrons. The second kappa shape index (κ2) is 6.88. The van der Waals surface area contributed by atoms with Crippen molar-refractivity contribution in [2.24, 2.45) is 5.92 Å². The maximum Gasteiger partial charge on any atom is 0.222 e. The molecule has 6 heteroatoms. The Hall–Kier alpha value is -2.13. The van der Waals surface area contributed by atoms with Crippen molar-refractivity contribution in [2.45, 2.75) is 37.6 Å². The Morgan fingerprint density at radius 1 is 1.27 bits per heavy atom. The number of nitriles is 1. The monoisotopic (exact) mass is 353 g/mol. The van der Waals surface area contributed by atoms with Gasteiger partial charge in [0.1, 0.15) is 11.9 Å². The zero-order valence-corrected chi connectivity index (χ0v) is 15.5. The molecule has 2 saturated heterocycles. The fraction of sp³-hybridized carbons (Fsp3) is 0.650. The van der Waals surface area contributed by atoms with Crippen LogP contribution in [-0.4, -0.2) is 66.0 Å². The summed E-state index contributed by atoms with van der Waals surface area (Å²) >= 11 is 0. The van der Waals surface area contributed by atoms with Crippen molar-refractivity contribution in [3.8, 4) is 6.07 Å². The quantitative estimate of drug-likeness (QED) is 0.830. The highest BCUT2D eigenvalue weighted by molar-refractivity contribution is 5.76. The van der Waals surface area contributed by atoms with Crippen LogP contribution >= 0.6 is 0 Å². The topological polar surface area (TPSA) is 63.5 Å². The Labute approximate surface area is 155 Å². The van der Waals surface area contributed by atoms with Crippen LogP contribution in [0.5, 0.6) is 0 Å². The fourth-order valence-corrected chi connectivity index (χ4v) is 4.33. The third-order valence-electron chi connectivity index (χ3n) is 6.38. The molecular formula is C20H27N5O. The second-order valence-corrected chi connectivity index (χ2v) is 8.12. The number of nitrogens with zero attached hydrogens (tertiary/aromatic N) is 5. The van der Waals surface area contributed by atoms with Crippen LogP contribution in [0.4, 0.5) is 5.82 Å². The number of hydrogen-bond acceptors (Lipinski definition) is 5. The van der Waals surface area contributed by atoms with Gasteiger partial charge in [-0.1, -0.05) is 0 Å². The molecular weight excluding hydrogens is 326 g/mol. The molecule has 4 rings (SSSR count). The first-order valence-electron chi connectivity index (χ1n) is 9.70. The van der Waals surface area contributed by atoms with Crippen molar-refractivity contribution in [2.75, 3.05) is 44.7 Å². The molecule has 1 aliphatic carbocycles. The first kappa shape index (κ1) is 17.3. The van der Waals surface area contributed by atoms with Gasteiger partial charge in [0.15, 0.2) is 0 Å². The molecule has 3 heterocycles. The smallest absolute Gasteiger partial charge is 0.222 e. The van der Waals surface area contributed by atoms with E-state index in [0.717, 1.165) is 57.3 Å². The summed E-state index contributed by atoms with van der Waals surface area (Å²) in [4.78, 5) is 24.0. The van der Waals surface area contributed by atoms with E-state index in [-0.39, 0.29) is 5.54 Å². The number of pyridine rings is 1. The molecule has 0 bridgehead atoms. The number of piperazine rings is 1. The predicted octanol–water partition coefficient (Wildman–Crippen LogP) is 1.87. The summed E-state index contributed by atoms with van der Waals surface area (Å²) in [6, 6.07) is 5.91. The second-order valence-electron chi connectivity index (χ2n) is 8.12. The van der Waals surface area contributed by atoms with Gasteiger partial charge in [0.25, 0.3) is 0 Å². The van der Waals surface area contributed by atoms with Crippen LogP contribution in [-0.2, 0) is 4.79 Å². The van der Waals surface area contributed by atoms with Crippen molar-refractivity contribution in [1.82, 2.24) is 14.8 Å². The van der Waals surface area contributed by atoms with E-state index < -0.39 is 0 Å². The third kappa shape index (κ3) is 3.41. The van der Waals surface area contributed by atoms with E-state index >= 15 is 0 Å². The number of likely N-dealkylation sites (tertiary alicyclic amines) is 1. The van der Waals surface area contributed by atoms with E-state index in [4.69, 9.17) is 5.26 Å². The molecule has 0 radical (unpaired) electrons. The summed E-state index contributed by atoms with van der Waals surface area (Å²) in [7, 11) is 2.20. The number of rotatable bonds is 3. The van der Waals surface area contributed by atoms with Crippen LogP contribution < -0.4 is 4.90 Å². The van der Waals surface area contributed by atoms with E-state index in [1.54, 1.807) is 6.20 Å². The van der Waals surface area contributed by atoms with Gasteiger partial charge in [0.05, 0.1) is 5.56 Å². The molecule has 3 aliphatic rings. The van der Waals surface area contributed by atoms with Crippen LogP contribution in [0.2, 0.25) is 0 Å². The maximum atomic E-state index is 12.6. The molecule has 1 saturated carbocycles. The van der Waals surface area contributed by atoms with Gasteiger partial charge in [-0.15, -0.1) is 0 Å². The summed E-state index contributed by atoms with van der Waals surface area (Å²) in [6.07, 6.45) is 6.80. The molecule has 0 N–H and O–H groups in total. The van der Waals surface area contributed by atoms with Gasteiger partial charge in [-0.05, 0) is 50.8 Å². The lowest BCUT2D eigenvalue weighted by atomic mass is 9.86. The minimum atomic E-state index is 0.0296. The lowest BCUT2D eigenvalue weighted by Gasteiger charge is -2.49. The number of hydrogen-bond donors (Lipinski definition) is 0. The average molecular weight is 353 g/mol. The molecule has 1 aromatic rings. The van der Waals surface area contributed by atoms with Crippen LogP contribution in [0.15, 0.2) is 18.3 Å². The summed E-state index contributed by atoms with van der Waals surface area (Å²) in [6.45, 7) is 4.62. The number of likely N-dealkylation sites (N-methyl/N-ethyl adjacent to an activating group) is 1. The SMILES string of the molecule is CN1CCN(c2ccc(C#N)cn2)C[C@]12CCC(=O)N(CC1CC1)CC2. The van der Waals surface area contributed by atoms with E-state index in [1.807, 2.05) is 12.1 Å². The highest BCUT2D eigenvalue weighted by Gasteiger charge is 2.43. The Morgan fingerprint density at radius 2 is 2.12 bits per heavy atom. The summed E-state index contributed by atoms with van der Waals surface area (Å²) < 4.78 is 0. The minimum Gasteiger partial charge on any atom is -0.353 e. The molecule has 26 heavy (non-hydrogen) atoms. The lowest BCUT2D eigenvalue weighted by Crippen LogP contribution is -2.61. The molecule has 2 aliphatic heterocycles. The number of amides is 1. The zero-order chi connectivity index (χ0) is 18.1. The van der Waals surface area contributed by atoms with Gasteiger partial charge in [0, 0.05) is 50.9 Å². The third-order valence-corrected chi connectivity index (χ3v) is 6.38. The molecule has 0 aromatic carbocycles. The first-order chi connectivity index (χ1) is 12.6. The Kier molecular flexibility index (Phi) is 4.58. The highest BCUT2D eigenvalue weighted by atomic mass is 16.2. The number of aromatic nitrogens is 1. The van der Waals surface area contributed by atoms with Crippen LogP contribution in [0.1, 0.15) is 37.7 Å². The standard InChI is InChI=1S/C20H27N5O/c1-23-10-11-25(18-5-4-17(12-21)13-22-18)15-20(23)7-6-19(26)24(9-8-20)14-16-2-3-16/h4-5,13,16H,2-3,6-11,14-15H2,1H3/t20-/m1/s1. The molecule has 1 atom stereocenters. The van der Waals surface area contributed by atoms with Gasteiger partial charge in [0.2, 0.25) is 5.91 Å². The number of carbonyl (C=O) groups is 1. The molecule has 1 spiro atoms. The van der Waals surface area contributed by atoms with Crippen LogP contribution in [0.25, 0.3) is 0 Å².